The van der Waals surface area contributed by atoms with Crippen molar-refractivity contribution in [2.75, 3.05) is 0 Å². The van der Waals surface area contributed by atoms with Crippen molar-refractivity contribution in [1.82, 2.24) is 0 Å². The molecule has 3 rings (SSSR count). The Labute approximate surface area is 125 Å². The van der Waals surface area contributed by atoms with Gasteiger partial charge in [0, 0.05) is 10.5 Å². The summed E-state index contributed by atoms with van der Waals surface area (Å²) in [7, 11) is 0. The Hall–Kier alpha value is -1.36. The Bertz CT molecular complexity index is 655. The molecule has 1 atom stereocenters. The number of esters is 1. The Morgan fingerprint density at radius 1 is 1.16 bits per heavy atom. The summed E-state index contributed by atoms with van der Waals surface area (Å²) in [5, 5.41) is 2.32. The first kappa shape index (κ1) is 12.7. The maximum atomic E-state index is 12.1. The molecule has 0 N–H and O–H groups in total. The molecule has 1 aliphatic heterocycles. The van der Waals surface area contributed by atoms with E-state index in [2.05, 4.69) is 40.8 Å². The van der Waals surface area contributed by atoms with Gasteiger partial charge in [-0.05, 0) is 45.3 Å². The fourth-order valence-electron chi connectivity index (χ4n) is 2.57. The molecule has 0 aromatic heterocycles. The first-order valence-corrected chi connectivity index (χ1v) is 7.53. The van der Waals surface area contributed by atoms with Crippen LogP contribution < -0.4 is 0 Å². The van der Waals surface area contributed by atoms with Crippen LogP contribution in [0.4, 0.5) is 0 Å². The van der Waals surface area contributed by atoms with Crippen LogP contribution in [0.2, 0.25) is 0 Å². The van der Waals surface area contributed by atoms with Crippen LogP contribution in [-0.4, -0.2) is 5.97 Å². The minimum absolute atomic E-state index is 0.134. The van der Waals surface area contributed by atoms with E-state index in [-0.39, 0.29) is 11.9 Å². The molecule has 0 aliphatic carbocycles. The highest BCUT2D eigenvalue weighted by molar-refractivity contribution is 14.1. The van der Waals surface area contributed by atoms with Crippen molar-refractivity contribution in [3.63, 3.8) is 0 Å². The smallest absolute Gasteiger partial charge is 0.318 e. The van der Waals surface area contributed by atoms with E-state index in [0.717, 1.165) is 29.6 Å². The van der Waals surface area contributed by atoms with E-state index < -0.39 is 0 Å². The molecule has 1 saturated heterocycles. The van der Waals surface area contributed by atoms with Crippen LogP contribution in [0.15, 0.2) is 52.3 Å². The second kappa shape index (κ2) is 5.33. The maximum absolute atomic E-state index is 12.1. The molecule has 0 amide bonds. The summed E-state index contributed by atoms with van der Waals surface area (Å²) in [6.45, 7) is 0. The van der Waals surface area contributed by atoms with E-state index >= 15 is 0 Å². The average molecular weight is 364 g/mol. The minimum atomic E-state index is -0.147. The topological polar surface area (TPSA) is 26.3 Å². The highest BCUT2D eigenvalue weighted by Crippen LogP contribution is 2.35. The highest BCUT2D eigenvalue weighted by Gasteiger charge is 2.29. The zero-order valence-electron chi connectivity index (χ0n) is 10.3. The van der Waals surface area contributed by atoms with Gasteiger partial charge in [-0.15, -0.1) is 0 Å². The number of halogens is 1. The number of carbonyl (C=O) groups is 1. The fourth-order valence-corrected chi connectivity index (χ4v) is 3.01. The minimum Gasteiger partial charge on any atom is -0.430 e. The van der Waals surface area contributed by atoms with Crippen LogP contribution in [0, 0.1) is 0 Å². The number of carbonyl (C=O) groups excluding carboxylic acids is 1. The zero-order valence-corrected chi connectivity index (χ0v) is 12.5. The van der Waals surface area contributed by atoms with Gasteiger partial charge in [-0.2, -0.15) is 0 Å². The van der Waals surface area contributed by atoms with Crippen molar-refractivity contribution < 1.29 is 9.53 Å². The Balaban J connectivity index is 2.03. The predicted octanol–water partition coefficient (Wildman–Crippen LogP) is 4.54. The molecule has 19 heavy (non-hydrogen) atoms. The van der Waals surface area contributed by atoms with Crippen LogP contribution in [0.3, 0.4) is 0 Å². The van der Waals surface area contributed by atoms with E-state index in [9.17, 15) is 4.79 Å². The molecule has 0 bridgehead atoms. The lowest BCUT2D eigenvalue weighted by Crippen LogP contribution is -2.21. The number of allylic oxidation sites excluding steroid dienone is 1. The van der Waals surface area contributed by atoms with Crippen LogP contribution in [0.5, 0.6) is 0 Å². The molecule has 96 valence electrons. The summed E-state index contributed by atoms with van der Waals surface area (Å²) >= 11 is 2.11. The van der Waals surface area contributed by atoms with Crippen LogP contribution in [0.1, 0.15) is 24.3 Å². The van der Waals surface area contributed by atoms with Crippen molar-refractivity contribution in [2.24, 2.45) is 0 Å². The largest absolute Gasteiger partial charge is 0.430 e. The second-order valence-electron chi connectivity index (χ2n) is 4.66. The number of benzene rings is 2. The summed E-state index contributed by atoms with van der Waals surface area (Å²) in [6, 6.07) is 14.3. The number of fused-ring (bicyclic) bond motifs is 1. The number of hydrogen-bond acceptors (Lipinski definition) is 2. The van der Waals surface area contributed by atoms with Gasteiger partial charge in [0.15, 0.2) is 0 Å². The molecule has 2 nitrogen and oxygen atoms in total. The van der Waals surface area contributed by atoms with Gasteiger partial charge in [-0.3, -0.25) is 4.79 Å². The van der Waals surface area contributed by atoms with Gasteiger partial charge in [0.1, 0.15) is 5.76 Å². The lowest BCUT2D eigenvalue weighted by molar-refractivity contribution is -0.143. The van der Waals surface area contributed by atoms with Gasteiger partial charge >= 0.3 is 5.97 Å². The molecule has 1 aliphatic rings. The molecular formula is C16H13IO2. The van der Waals surface area contributed by atoms with E-state index in [1.165, 1.54) is 5.39 Å². The van der Waals surface area contributed by atoms with Gasteiger partial charge in [-0.25, -0.2) is 0 Å². The van der Waals surface area contributed by atoms with Gasteiger partial charge in [0.2, 0.25) is 0 Å². The summed E-state index contributed by atoms with van der Waals surface area (Å²) < 4.78 is 7.21. The molecule has 2 aromatic carbocycles. The summed E-state index contributed by atoms with van der Waals surface area (Å²) in [6.07, 6.45) is 1.64. The quantitative estimate of drug-likeness (QED) is 0.549. The van der Waals surface area contributed by atoms with Crippen molar-refractivity contribution in [2.45, 2.75) is 18.8 Å². The van der Waals surface area contributed by atoms with Crippen molar-refractivity contribution >= 4 is 39.3 Å². The van der Waals surface area contributed by atoms with Crippen molar-refractivity contribution in [3.05, 3.63) is 57.9 Å². The summed E-state index contributed by atoms with van der Waals surface area (Å²) in [4.78, 5) is 12.1. The van der Waals surface area contributed by atoms with Crippen molar-refractivity contribution in [3.8, 4) is 0 Å². The van der Waals surface area contributed by atoms with Gasteiger partial charge < -0.3 is 4.74 Å². The van der Waals surface area contributed by atoms with Gasteiger partial charge in [-0.1, -0.05) is 42.5 Å². The third kappa shape index (κ3) is 2.39. The summed E-state index contributed by atoms with van der Waals surface area (Å²) in [5.41, 5.74) is 1.08. The fraction of sp³-hybridized carbons (Fsp3) is 0.188. The highest BCUT2D eigenvalue weighted by atomic mass is 127. The Morgan fingerprint density at radius 2 is 1.95 bits per heavy atom. The van der Waals surface area contributed by atoms with Crippen LogP contribution in [0.25, 0.3) is 10.8 Å². The molecule has 2 aromatic rings. The third-order valence-electron chi connectivity index (χ3n) is 3.52. The molecule has 0 radical (unpaired) electrons. The standard InChI is InChI=1S/C16H13IO2/c17-10-12-8-9-15(16(18)19-12)14-7-3-5-11-4-1-2-6-13(11)14/h1-7,10,15H,8-9H2/b12-10-/t15-/m0/s1. The lowest BCUT2D eigenvalue weighted by Gasteiger charge is -2.23. The summed E-state index contributed by atoms with van der Waals surface area (Å²) in [5.74, 6) is 0.499. The number of rotatable bonds is 1. The first-order valence-electron chi connectivity index (χ1n) is 6.28. The third-order valence-corrected chi connectivity index (χ3v) is 4.21. The van der Waals surface area contributed by atoms with E-state index in [0.29, 0.717) is 0 Å². The van der Waals surface area contributed by atoms with Gasteiger partial charge in [0.25, 0.3) is 0 Å². The Morgan fingerprint density at radius 3 is 2.74 bits per heavy atom. The molecular weight excluding hydrogens is 351 g/mol. The molecule has 3 heteroatoms. The molecule has 0 spiro atoms. The number of hydrogen-bond donors (Lipinski definition) is 0. The molecule has 1 heterocycles. The van der Waals surface area contributed by atoms with E-state index in [4.69, 9.17) is 4.74 Å². The molecule has 0 saturated carbocycles. The van der Waals surface area contributed by atoms with Crippen LogP contribution >= 0.6 is 22.6 Å². The predicted molar refractivity (Wildman–Crippen MR) is 84.1 cm³/mol. The molecule has 1 fully saturated rings. The average Bonchev–Trinajstić information content (AvgIpc) is 2.46. The first-order chi connectivity index (χ1) is 9.29. The normalized spacial score (nSPS) is 21.6. The van der Waals surface area contributed by atoms with Crippen LogP contribution in [-0.2, 0) is 9.53 Å². The Kier molecular flexibility index (Phi) is 3.55. The number of ether oxygens (including phenoxy) is 1. The zero-order chi connectivity index (χ0) is 13.2. The monoisotopic (exact) mass is 364 g/mol. The SMILES string of the molecule is O=C1O/C(=C\I)CC[C@H]1c1cccc2ccccc12. The van der Waals surface area contributed by atoms with Crippen molar-refractivity contribution in [1.29, 1.82) is 0 Å². The van der Waals surface area contributed by atoms with E-state index in [1.54, 1.807) is 0 Å². The lowest BCUT2D eigenvalue weighted by atomic mass is 9.88. The molecule has 0 unspecified atom stereocenters. The number of cyclic esters (lactones) is 1. The van der Waals surface area contributed by atoms with E-state index in [1.807, 2.05) is 28.3 Å². The second-order valence-corrected chi connectivity index (χ2v) is 5.28. The van der Waals surface area contributed by atoms with Gasteiger partial charge in [0.05, 0.1) is 5.92 Å². The maximum Gasteiger partial charge on any atom is 0.318 e.